The third-order valence-electron chi connectivity index (χ3n) is 2.49. The Morgan fingerprint density at radius 2 is 2.28 bits per heavy atom. The van der Waals surface area contributed by atoms with Crippen molar-refractivity contribution < 1.29 is 13.9 Å². The molecule has 0 radical (unpaired) electrons. The van der Waals surface area contributed by atoms with Crippen LogP contribution in [0.15, 0.2) is 30.3 Å². The number of carbonyl (C=O) groups is 1. The summed E-state index contributed by atoms with van der Waals surface area (Å²) in [5.74, 6) is -0.409. The van der Waals surface area contributed by atoms with Crippen molar-refractivity contribution in [3.63, 3.8) is 0 Å². The Bertz CT molecular complexity index is 418. The average Bonchev–Trinajstić information content (AvgIpc) is 2.36. The monoisotopic (exact) mass is 251 g/mol. The third-order valence-corrected chi connectivity index (χ3v) is 2.49. The van der Waals surface area contributed by atoms with Gasteiger partial charge in [-0.3, -0.25) is 4.79 Å². The minimum absolute atomic E-state index is 0.102. The Labute approximate surface area is 107 Å². The Kier molecular flexibility index (Phi) is 6.08. The van der Waals surface area contributed by atoms with E-state index in [1.807, 2.05) is 0 Å². The molecule has 0 saturated carbocycles. The van der Waals surface area contributed by atoms with Crippen molar-refractivity contribution in [1.82, 2.24) is 4.90 Å². The maximum Gasteiger partial charge on any atom is 0.246 e. The first kappa shape index (κ1) is 14.4. The molecule has 0 atom stereocenters. The molecule has 1 amide bonds. The molecule has 0 aromatic heterocycles. The van der Waals surface area contributed by atoms with Gasteiger partial charge in [-0.05, 0) is 30.2 Å². The number of likely N-dealkylation sites (N-methyl/N-ethyl adjacent to an activating group) is 1. The van der Waals surface area contributed by atoms with Crippen molar-refractivity contribution in [2.24, 2.45) is 0 Å². The van der Waals surface area contributed by atoms with Gasteiger partial charge in [-0.1, -0.05) is 12.1 Å². The Balaban J connectivity index is 2.48. The van der Waals surface area contributed by atoms with E-state index in [1.54, 1.807) is 37.3 Å². The fourth-order valence-electron chi connectivity index (χ4n) is 1.46. The van der Waals surface area contributed by atoms with Gasteiger partial charge in [0.05, 0.1) is 0 Å². The molecule has 0 aliphatic heterocycles. The van der Waals surface area contributed by atoms with Gasteiger partial charge in [0, 0.05) is 33.4 Å². The number of halogens is 1. The van der Waals surface area contributed by atoms with Crippen LogP contribution in [0.25, 0.3) is 6.08 Å². The van der Waals surface area contributed by atoms with Crippen LogP contribution in [0.5, 0.6) is 0 Å². The van der Waals surface area contributed by atoms with Crippen molar-refractivity contribution >= 4 is 12.0 Å². The zero-order valence-electron chi connectivity index (χ0n) is 10.7. The van der Waals surface area contributed by atoms with E-state index in [0.29, 0.717) is 18.7 Å². The smallest absolute Gasteiger partial charge is 0.246 e. The molecule has 18 heavy (non-hydrogen) atoms. The molecule has 1 rings (SSSR count). The summed E-state index contributed by atoms with van der Waals surface area (Å²) in [6.45, 7) is 1.27. The molecule has 4 heteroatoms. The zero-order valence-corrected chi connectivity index (χ0v) is 10.7. The van der Waals surface area contributed by atoms with Crippen molar-refractivity contribution in [1.29, 1.82) is 0 Å². The number of carbonyl (C=O) groups excluding carboxylic acids is 1. The number of benzene rings is 1. The Morgan fingerprint density at radius 1 is 1.50 bits per heavy atom. The summed E-state index contributed by atoms with van der Waals surface area (Å²) < 4.78 is 17.8. The van der Waals surface area contributed by atoms with Crippen LogP contribution in [-0.2, 0) is 9.53 Å². The summed E-state index contributed by atoms with van der Waals surface area (Å²) in [7, 11) is 3.36. The average molecular weight is 251 g/mol. The van der Waals surface area contributed by atoms with E-state index in [9.17, 15) is 9.18 Å². The molecule has 0 aliphatic rings. The van der Waals surface area contributed by atoms with Crippen molar-refractivity contribution in [2.45, 2.75) is 6.42 Å². The number of amides is 1. The first-order valence-electron chi connectivity index (χ1n) is 5.81. The van der Waals surface area contributed by atoms with Crippen LogP contribution in [0.4, 0.5) is 4.39 Å². The summed E-state index contributed by atoms with van der Waals surface area (Å²) in [6, 6.07) is 6.12. The third kappa shape index (κ3) is 5.10. The molecule has 3 nitrogen and oxygen atoms in total. The number of nitrogens with zero attached hydrogens (tertiary/aromatic N) is 1. The van der Waals surface area contributed by atoms with Gasteiger partial charge in [-0.25, -0.2) is 4.39 Å². The molecular formula is C14H18FNO2. The highest BCUT2D eigenvalue weighted by molar-refractivity contribution is 5.91. The molecule has 0 heterocycles. The topological polar surface area (TPSA) is 29.5 Å². The van der Waals surface area contributed by atoms with E-state index < -0.39 is 0 Å². The van der Waals surface area contributed by atoms with Gasteiger partial charge in [0.15, 0.2) is 0 Å². The minimum Gasteiger partial charge on any atom is -0.385 e. The fourth-order valence-corrected chi connectivity index (χ4v) is 1.46. The van der Waals surface area contributed by atoms with E-state index in [4.69, 9.17) is 4.74 Å². The molecule has 0 aliphatic carbocycles. The highest BCUT2D eigenvalue weighted by atomic mass is 19.1. The zero-order chi connectivity index (χ0) is 13.4. The van der Waals surface area contributed by atoms with Crippen LogP contribution >= 0.6 is 0 Å². The Morgan fingerprint density at radius 3 is 2.94 bits per heavy atom. The fraction of sp³-hybridized carbons (Fsp3) is 0.357. The molecule has 0 saturated heterocycles. The van der Waals surface area contributed by atoms with Crippen molar-refractivity contribution in [3.05, 3.63) is 41.7 Å². The van der Waals surface area contributed by atoms with Crippen LogP contribution in [0.3, 0.4) is 0 Å². The number of rotatable bonds is 6. The standard InChI is InChI=1S/C14H18FNO2/c1-16(9-4-10-18-2)14(17)8-7-12-5-3-6-13(15)11-12/h3,5-8,11H,4,9-10H2,1-2H3/b8-7+. The lowest BCUT2D eigenvalue weighted by Gasteiger charge is -2.14. The molecule has 1 aromatic carbocycles. The lowest BCUT2D eigenvalue weighted by atomic mass is 10.2. The summed E-state index contributed by atoms with van der Waals surface area (Å²) in [5.41, 5.74) is 0.675. The molecule has 0 unspecified atom stereocenters. The molecular weight excluding hydrogens is 233 g/mol. The van der Waals surface area contributed by atoms with Crippen LogP contribution in [0.2, 0.25) is 0 Å². The largest absolute Gasteiger partial charge is 0.385 e. The van der Waals surface area contributed by atoms with Gasteiger partial charge >= 0.3 is 0 Å². The van der Waals surface area contributed by atoms with E-state index in [1.165, 1.54) is 18.2 Å². The predicted octanol–water partition coefficient (Wildman–Crippen LogP) is 2.33. The van der Waals surface area contributed by atoms with Crippen molar-refractivity contribution in [2.75, 3.05) is 27.3 Å². The highest BCUT2D eigenvalue weighted by Crippen LogP contribution is 2.05. The highest BCUT2D eigenvalue weighted by Gasteiger charge is 2.03. The SMILES string of the molecule is COCCCN(C)C(=O)/C=C/c1cccc(F)c1. The lowest BCUT2D eigenvalue weighted by molar-refractivity contribution is -0.124. The quantitative estimate of drug-likeness (QED) is 0.573. The number of ether oxygens (including phenoxy) is 1. The maximum atomic E-state index is 12.9. The number of hydrogen-bond donors (Lipinski definition) is 0. The normalized spacial score (nSPS) is 10.8. The molecule has 0 N–H and O–H groups in total. The van der Waals surface area contributed by atoms with Gasteiger partial charge < -0.3 is 9.64 Å². The summed E-state index contributed by atoms with van der Waals surface area (Å²) >= 11 is 0. The van der Waals surface area contributed by atoms with Gasteiger partial charge in [0.25, 0.3) is 0 Å². The van der Waals surface area contributed by atoms with Crippen LogP contribution < -0.4 is 0 Å². The first-order valence-corrected chi connectivity index (χ1v) is 5.81. The second kappa shape index (κ2) is 7.61. The summed E-state index contributed by atoms with van der Waals surface area (Å²) in [4.78, 5) is 13.3. The van der Waals surface area contributed by atoms with Crippen molar-refractivity contribution in [3.8, 4) is 0 Å². The maximum absolute atomic E-state index is 12.9. The molecule has 0 bridgehead atoms. The van der Waals surface area contributed by atoms with E-state index >= 15 is 0 Å². The molecule has 0 spiro atoms. The predicted molar refractivity (Wildman–Crippen MR) is 69.6 cm³/mol. The summed E-state index contributed by atoms with van der Waals surface area (Å²) in [6.07, 6.45) is 3.85. The van der Waals surface area contributed by atoms with Crippen LogP contribution in [0.1, 0.15) is 12.0 Å². The number of methoxy groups -OCH3 is 1. The van der Waals surface area contributed by atoms with E-state index in [0.717, 1.165) is 6.42 Å². The molecule has 98 valence electrons. The van der Waals surface area contributed by atoms with E-state index in [-0.39, 0.29) is 11.7 Å². The summed E-state index contributed by atoms with van der Waals surface area (Å²) in [5, 5.41) is 0. The molecule has 0 fully saturated rings. The number of hydrogen-bond acceptors (Lipinski definition) is 2. The van der Waals surface area contributed by atoms with Gasteiger partial charge in [0.1, 0.15) is 5.82 Å². The van der Waals surface area contributed by atoms with Gasteiger partial charge in [-0.15, -0.1) is 0 Å². The second-order valence-electron chi connectivity index (χ2n) is 3.99. The van der Waals surface area contributed by atoms with Crippen LogP contribution in [-0.4, -0.2) is 38.1 Å². The second-order valence-corrected chi connectivity index (χ2v) is 3.99. The van der Waals surface area contributed by atoms with Crippen LogP contribution in [0, 0.1) is 5.82 Å². The van der Waals surface area contributed by atoms with Gasteiger partial charge in [0.2, 0.25) is 5.91 Å². The minimum atomic E-state index is -0.307. The van der Waals surface area contributed by atoms with Gasteiger partial charge in [-0.2, -0.15) is 0 Å². The molecule has 1 aromatic rings. The Hall–Kier alpha value is -1.68. The lowest BCUT2D eigenvalue weighted by Crippen LogP contribution is -2.26. The van der Waals surface area contributed by atoms with E-state index in [2.05, 4.69) is 0 Å². The first-order chi connectivity index (χ1) is 8.63.